The molecule has 1 rings (SSSR count). The first kappa shape index (κ1) is 12.2. The molecule has 1 aromatic carbocycles. The summed E-state index contributed by atoms with van der Waals surface area (Å²) < 4.78 is 0. The Balaban J connectivity index is 2.64. The third-order valence-electron chi connectivity index (χ3n) is 2.02. The van der Waals surface area contributed by atoms with E-state index < -0.39 is 12.0 Å². The van der Waals surface area contributed by atoms with Crippen LogP contribution in [-0.4, -0.2) is 30.4 Å². The van der Waals surface area contributed by atoms with E-state index >= 15 is 0 Å². The molecule has 0 aliphatic carbocycles. The van der Waals surface area contributed by atoms with Gasteiger partial charge in [-0.2, -0.15) is 0 Å². The van der Waals surface area contributed by atoms with E-state index in [0.717, 1.165) is 11.1 Å². The smallest absolute Gasteiger partial charge is 0.285 e. The summed E-state index contributed by atoms with van der Waals surface area (Å²) >= 11 is 0. The van der Waals surface area contributed by atoms with Crippen molar-refractivity contribution in [3.8, 4) is 0 Å². The number of hydrogen-bond donors (Lipinski definition) is 1. The van der Waals surface area contributed by atoms with E-state index in [1.807, 2.05) is 0 Å². The fourth-order valence-corrected chi connectivity index (χ4v) is 1.18. The molecule has 0 heterocycles. The molecular weight excluding hydrogens is 208 g/mol. The van der Waals surface area contributed by atoms with E-state index in [0.29, 0.717) is 0 Å². The maximum Gasteiger partial charge on any atom is 0.285 e. The molecular formula is C11H13N2O3-. The molecule has 5 nitrogen and oxygen atoms in total. The molecule has 0 radical (unpaired) electrons. The Morgan fingerprint density at radius 1 is 1.56 bits per heavy atom. The van der Waals surface area contributed by atoms with Gasteiger partial charge in [-0.1, -0.05) is 29.4 Å². The van der Waals surface area contributed by atoms with Crippen LogP contribution in [0.15, 0.2) is 29.4 Å². The zero-order valence-corrected chi connectivity index (χ0v) is 8.88. The topological polar surface area (TPSA) is 82.7 Å². The van der Waals surface area contributed by atoms with Crippen LogP contribution in [-0.2, 0) is 16.1 Å². The SMILES string of the molecule is CO/N=C/c1ccc(CC([NH-])C(=O)O)cc1. The number of rotatable bonds is 5. The van der Waals surface area contributed by atoms with E-state index in [9.17, 15) is 4.79 Å². The summed E-state index contributed by atoms with van der Waals surface area (Å²) in [6.45, 7) is 0. The highest BCUT2D eigenvalue weighted by molar-refractivity contribution is 5.79. The number of aliphatic carboxylic acids is 1. The molecule has 1 aromatic rings. The first-order valence-electron chi connectivity index (χ1n) is 4.73. The Morgan fingerprint density at radius 3 is 2.69 bits per heavy atom. The van der Waals surface area contributed by atoms with Crippen molar-refractivity contribution < 1.29 is 14.7 Å². The van der Waals surface area contributed by atoms with Crippen molar-refractivity contribution >= 4 is 12.2 Å². The number of carboxylic acids is 1. The maximum absolute atomic E-state index is 10.5. The lowest BCUT2D eigenvalue weighted by Gasteiger charge is -2.14. The van der Waals surface area contributed by atoms with Gasteiger partial charge in [0.25, 0.3) is 5.97 Å². The molecule has 1 unspecified atom stereocenters. The van der Waals surface area contributed by atoms with Crippen molar-refractivity contribution in [2.75, 3.05) is 7.11 Å². The summed E-state index contributed by atoms with van der Waals surface area (Å²) in [4.78, 5) is 15.0. The number of nitrogens with one attached hydrogen (secondary N) is 1. The van der Waals surface area contributed by atoms with Crippen LogP contribution in [0.25, 0.3) is 5.73 Å². The third-order valence-corrected chi connectivity index (χ3v) is 2.02. The van der Waals surface area contributed by atoms with Gasteiger partial charge in [-0.15, -0.1) is 0 Å². The minimum Gasteiger partial charge on any atom is -0.665 e. The molecule has 0 amide bonds. The molecule has 0 saturated carbocycles. The highest BCUT2D eigenvalue weighted by Crippen LogP contribution is 2.07. The molecule has 0 saturated heterocycles. The van der Waals surface area contributed by atoms with Gasteiger partial charge < -0.3 is 15.7 Å². The summed E-state index contributed by atoms with van der Waals surface area (Å²) in [6.07, 6.45) is 1.76. The average Bonchev–Trinajstić information content (AvgIpc) is 2.28. The Kier molecular flexibility index (Phi) is 4.47. The van der Waals surface area contributed by atoms with Crippen molar-refractivity contribution in [3.63, 3.8) is 0 Å². The van der Waals surface area contributed by atoms with Gasteiger partial charge in [0.1, 0.15) is 7.11 Å². The summed E-state index contributed by atoms with van der Waals surface area (Å²) in [5.41, 5.74) is 8.96. The van der Waals surface area contributed by atoms with Crippen molar-refractivity contribution in [1.82, 2.24) is 0 Å². The van der Waals surface area contributed by atoms with Gasteiger partial charge in [0.2, 0.25) is 0 Å². The molecule has 0 fully saturated rings. The molecule has 5 heteroatoms. The van der Waals surface area contributed by atoms with Crippen LogP contribution in [0.1, 0.15) is 11.1 Å². The fraction of sp³-hybridized carbons (Fsp3) is 0.273. The zero-order valence-electron chi connectivity index (χ0n) is 8.88. The van der Waals surface area contributed by atoms with Crippen LogP contribution in [0.3, 0.4) is 0 Å². The Morgan fingerprint density at radius 2 is 2.19 bits per heavy atom. The Bertz CT molecular complexity index is 373. The summed E-state index contributed by atoms with van der Waals surface area (Å²) in [5, 5.41) is 12.2. The van der Waals surface area contributed by atoms with Crippen LogP contribution >= 0.6 is 0 Å². The lowest BCUT2D eigenvalue weighted by Crippen LogP contribution is -2.17. The van der Waals surface area contributed by atoms with E-state index in [2.05, 4.69) is 9.99 Å². The predicted molar refractivity (Wildman–Crippen MR) is 60.5 cm³/mol. The number of oxime groups is 1. The summed E-state index contributed by atoms with van der Waals surface area (Å²) in [7, 11) is 1.46. The number of carboxylic acid groups (broad SMARTS) is 1. The summed E-state index contributed by atoms with van der Waals surface area (Å²) in [6, 6.07) is 6.04. The van der Waals surface area contributed by atoms with Crippen molar-refractivity contribution in [2.24, 2.45) is 5.16 Å². The zero-order chi connectivity index (χ0) is 12.0. The normalized spacial score (nSPS) is 12.6. The summed E-state index contributed by atoms with van der Waals surface area (Å²) in [5.74, 6) is -1.11. The van der Waals surface area contributed by atoms with Gasteiger partial charge in [0, 0.05) is 0 Å². The van der Waals surface area contributed by atoms with Gasteiger partial charge in [0.05, 0.1) is 6.21 Å². The highest BCUT2D eigenvalue weighted by Gasteiger charge is 2.04. The molecule has 16 heavy (non-hydrogen) atoms. The largest absolute Gasteiger partial charge is 0.665 e. The third kappa shape index (κ3) is 3.70. The second kappa shape index (κ2) is 5.87. The standard InChI is InChI=1S/C11H13N2O3/c1-16-13-7-9-4-2-8(3-5-9)6-10(12)11(14)15/h2-5,7,10,12H,6H2,1H3,(H,14,15)/q-1/b13-7+. The molecule has 2 N–H and O–H groups in total. The van der Waals surface area contributed by atoms with Gasteiger partial charge in [-0.25, -0.2) is 0 Å². The number of nitrogens with zero attached hydrogens (tertiary/aromatic N) is 1. The second-order valence-corrected chi connectivity index (χ2v) is 3.25. The lowest BCUT2D eigenvalue weighted by molar-refractivity contribution is -0.137. The first-order chi connectivity index (χ1) is 7.63. The molecule has 0 aliphatic rings. The molecule has 0 spiro atoms. The Hall–Kier alpha value is -1.88. The van der Waals surface area contributed by atoms with E-state index in [-0.39, 0.29) is 6.42 Å². The second-order valence-electron chi connectivity index (χ2n) is 3.25. The van der Waals surface area contributed by atoms with Crippen LogP contribution in [0.5, 0.6) is 0 Å². The number of benzene rings is 1. The van der Waals surface area contributed by atoms with Gasteiger partial charge in [-0.3, -0.25) is 4.79 Å². The fourth-order valence-electron chi connectivity index (χ4n) is 1.18. The van der Waals surface area contributed by atoms with E-state index in [4.69, 9.17) is 10.8 Å². The van der Waals surface area contributed by atoms with Crippen LogP contribution < -0.4 is 0 Å². The van der Waals surface area contributed by atoms with Crippen LogP contribution in [0, 0.1) is 0 Å². The quantitative estimate of drug-likeness (QED) is 0.607. The van der Waals surface area contributed by atoms with Crippen molar-refractivity contribution in [3.05, 3.63) is 41.1 Å². The number of hydrogen-bond acceptors (Lipinski definition) is 3. The number of carbonyl (C=O) groups is 1. The monoisotopic (exact) mass is 221 g/mol. The van der Waals surface area contributed by atoms with Gasteiger partial charge in [-0.05, 0) is 23.6 Å². The molecule has 1 atom stereocenters. The van der Waals surface area contributed by atoms with Gasteiger partial charge in [0.15, 0.2) is 0 Å². The van der Waals surface area contributed by atoms with Crippen molar-refractivity contribution in [1.29, 1.82) is 0 Å². The molecule has 0 aliphatic heterocycles. The maximum atomic E-state index is 10.5. The average molecular weight is 221 g/mol. The lowest BCUT2D eigenvalue weighted by atomic mass is 10.1. The van der Waals surface area contributed by atoms with Crippen LogP contribution in [0.4, 0.5) is 0 Å². The molecule has 0 aromatic heterocycles. The highest BCUT2D eigenvalue weighted by atomic mass is 16.6. The van der Waals surface area contributed by atoms with E-state index in [1.54, 1.807) is 30.5 Å². The van der Waals surface area contributed by atoms with Crippen LogP contribution in [0.2, 0.25) is 0 Å². The van der Waals surface area contributed by atoms with E-state index in [1.165, 1.54) is 7.11 Å². The van der Waals surface area contributed by atoms with Crippen molar-refractivity contribution in [2.45, 2.75) is 12.5 Å². The Labute approximate surface area is 93.5 Å². The minimum atomic E-state index is -1.11. The molecule has 86 valence electrons. The predicted octanol–water partition coefficient (Wildman–Crippen LogP) is 1.71. The minimum absolute atomic E-state index is 0.205. The first-order valence-corrected chi connectivity index (χ1v) is 4.73. The molecule has 0 bridgehead atoms. The van der Waals surface area contributed by atoms with Gasteiger partial charge >= 0.3 is 0 Å².